The Hall–Kier alpha value is -13.3. The summed E-state index contributed by atoms with van der Waals surface area (Å²) in [5, 5.41) is 9.92. The van der Waals surface area contributed by atoms with E-state index in [1.807, 2.05) is 0 Å². The zero-order valence-electron chi connectivity index (χ0n) is 59.1. The highest BCUT2D eigenvalue weighted by Gasteiger charge is 2.42. The molecule has 2 aliphatic carbocycles. The van der Waals surface area contributed by atoms with Crippen molar-refractivity contribution in [1.29, 1.82) is 0 Å². The molecule has 0 spiro atoms. The van der Waals surface area contributed by atoms with Gasteiger partial charge in [0, 0.05) is 76.3 Å². The van der Waals surface area contributed by atoms with Gasteiger partial charge in [0.2, 0.25) is 0 Å². The average molecular weight is 1350 g/mol. The molecular weight excluding hydrogens is 1280 g/mol. The van der Waals surface area contributed by atoms with Crippen LogP contribution >= 0.6 is 0 Å². The maximum absolute atomic E-state index is 2.54. The second kappa shape index (κ2) is 22.9. The lowest BCUT2D eigenvalue weighted by Gasteiger charge is -2.28. The number of hydrogen-bond donors (Lipinski definition) is 0. The fourth-order valence-electron chi connectivity index (χ4n) is 19.2. The number of hydrogen-bond acceptors (Lipinski definition) is 0. The number of fused-ring (bicyclic) bond motifs is 18. The highest BCUT2D eigenvalue weighted by Crippen LogP contribution is 2.55. The number of aromatic nitrogens is 4. The minimum Gasteiger partial charge on any atom is -0.309 e. The van der Waals surface area contributed by atoms with E-state index in [2.05, 4.69) is 397 Å². The molecule has 16 aromatic carbocycles. The van der Waals surface area contributed by atoms with Gasteiger partial charge < -0.3 is 18.3 Å². The van der Waals surface area contributed by atoms with Crippen LogP contribution in [0.1, 0.15) is 48.6 Å². The molecule has 0 fully saturated rings. The van der Waals surface area contributed by atoms with E-state index in [4.69, 9.17) is 0 Å². The van der Waals surface area contributed by atoms with Crippen molar-refractivity contribution in [3.8, 4) is 89.5 Å². The molecule has 4 nitrogen and oxygen atoms in total. The molecular formula is C102H70N4. The fraction of sp³-hybridized carbons (Fsp3) is 0.0588. The third-order valence-electron chi connectivity index (χ3n) is 24.0. The number of para-hydroxylation sites is 5. The van der Waals surface area contributed by atoms with Gasteiger partial charge in [-0.3, -0.25) is 0 Å². The SMILES string of the molecule is CC1(C)c2ccccc2-c2c(-n3c4ccccc4c4cc(-c5ccc6c(c5)c5ccccc5n6-c5cccc(-c6cccc(CC7(C)c8ccccc8-c8c(-n9c%10ccccc%10c%10cc(-c%11ccc%12c(c%11)c%11ccccc%11n%12-c%11ccccc%11-c%11ccccc%11)ccc%109)cccc87)c6)c5)ccc43)cccc21. The van der Waals surface area contributed by atoms with Gasteiger partial charge in [0.25, 0.3) is 0 Å². The maximum atomic E-state index is 2.54. The first-order valence-electron chi connectivity index (χ1n) is 37.2. The molecule has 4 aromatic heterocycles. The van der Waals surface area contributed by atoms with Crippen LogP contribution in [0.15, 0.2) is 358 Å². The standard InChI is InChI=1S/C102H70N4/c1-101(2)84-38-14-7-36-78(84)99-86(101)40-23-47-97(99)105-91-45-19-12-34-76(91)82-61-70(51-55-95(82)105)68-49-53-93-80(59-68)74-32-10-17-43-89(74)103(93)72-30-22-29-67(58-72)66-28-21-25-64(57-66)63-102(3)85-39-15-8-37-79(85)100-87(102)41-24-48-98(100)106-92-46-20-13-35-77(92)83-62-71(52-56-96(83)106)69-50-54-94-81(60-69)75-33-11-18-44-90(75)104(94)88-42-16-9-31-73(88)65-26-5-4-6-27-65/h4-62H,63H2,1-3H3. The first-order valence-corrected chi connectivity index (χ1v) is 37.2. The van der Waals surface area contributed by atoms with Crippen LogP contribution < -0.4 is 0 Å². The van der Waals surface area contributed by atoms with Crippen molar-refractivity contribution in [1.82, 2.24) is 18.3 Å². The van der Waals surface area contributed by atoms with Gasteiger partial charge in [-0.15, -0.1) is 0 Å². The minimum atomic E-state index is -0.320. The molecule has 0 radical (unpaired) electrons. The lowest BCUT2D eigenvalue weighted by atomic mass is 9.75. The average Bonchev–Trinajstić information content (AvgIpc) is 1.55. The van der Waals surface area contributed by atoms with Crippen molar-refractivity contribution in [3.63, 3.8) is 0 Å². The summed E-state index contributed by atoms with van der Waals surface area (Å²) in [5.41, 5.74) is 35.5. The van der Waals surface area contributed by atoms with Gasteiger partial charge in [-0.05, 0) is 187 Å². The van der Waals surface area contributed by atoms with Gasteiger partial charge in [-0.25, -0.2) is 0 Å². The molecule has 22 rings (SSSR count). The van der Waals surface area contributed by atoms with E-state index in [9.17, 15) is 0 Å². The van der Waals surface area contributed by atoms with Crippen LogP contribution in [-0.4, -0.2) is 18.3 Å². The third kappa shape index (κ3) is 8.76. The van der Waals surface area contributed by atoms with Gasteiger partial charge in [0.05, 0.1) is 61.2 Å². The molecule has 0 amide bonds. The van der Waals surface area contributed by atoms with E-state index < -0.39 is 0 Å². The maximum Gasteiger partial charge on any atom is 0.0543 e. The molecule has 1 unspecified atom stereocenters. The van der Waals surface area contributed by atoms with Crippen molar-refractivity contribution in [2.24, 2.45) is 0 Å². The summed E-state index contributed by atoms with van der Waals surface area (Å²) in [7, 11) is 0. The van der Waals surface area contributed by atoms with Gasteiger partial charge in [0.1, 0.15) is 0 Å². The molecule has 0 aliphatic heterocycles. The summed E-state index contributed by atoms with van der Waals surface area (Å²) in [5.74, 6) is 0. The monoisotopic (exact) mass is 1350 g/mol. The van der Waals surface area contributed by atoms with Crippen molar-refractivity contribution < 1.29 is 0 Å². The highest BCUT2D eigenvalue weighted by atomic mass is 15.0. The molecule has 0 bridgehead atoms. The van der Waals surface area contributed by atoms with E-state index >= 15 is 0 Å². The Morgan fingerprint density at radius 1 is 0.217 bits per heavy atom. The van der Waals surface area contributed by atoms with Gasteiger partial charge in [-0.1, -0.05) is 276 Å². The van der Waals surface area contributed by atoms with E-state index in [1.54, 1.807) is 0 Å². The summed E-state index contributed by atoms with van der Waals surface area (Å²) in [6.07, 6.45) is 0.833. The van der Waals surface area contributed by atoms with E-state index in [1.165, 1.54) is 199 Å². The van der Waals surface area contributed by atoms with Crippen LogP contribution in [0.3, 0.4) is 0 Å². The summed E-state index contributed by atoms with van der Waals surface area (Å²) in [6, 6.07) is 134. The van der Waals surface area contributed by atoms with Crippen molar-refractivity contribution in [2.75, 3.05) is 0 Å². The first-order chi connectivity index (χ1) is 52.2. The van der Waals surface area contributed by atoms with E-state index in [-0.39, 0.29) is 10.8 Å². The highest BCUT2D eigenvalue weighted by molar-refractivity contribution is 6.16. The smallest absolute Gasteiger partial charge is 0.0543 e. The van der Waals surface area contributed by atoms with Crippen LogP contribution in [0, 0.1) is 0 Å². The molecule has 2 aliphatic rings. The Bertz CT molecular complexity index is 7100. The zero-order valence-corrected chi connectivity index (χ0v) is 59.1. The van der Waals surface area contributed by atoms with E-state index in [0.717, 1.165) is 12.1 Å². The Balaban J connectivity index is 0.596. The number of rotatable bonds is 10. The van der Waals surface area contributed by atoms with Crippen molar-refractivity contribution >= 4 is 87.2 Å². The van der Waals surface area contributed by atoms with Gasteiger partial charge in [0.15, 0.2) is 0 Å². The Kier molecular flexibility index (Phi) is 13.0. The lowest BCUT2D eigenvalue weighted by molar-refractivity contribution is 0.583. The van der Waals surface area contributed by atoms with Crippen LogP contribution in [-0.2, 0) is 17.3 Å². The normalized spacial score (nSPS) is 14.3. The van der Waals surface area contributed by atoms with Crippen LogP contribution in [0.2, 0.25) is 0 Å². The molecule has 4 heterocycles. The quantitative estimate of drug-likeness (QED) is 0.130. The largest absolute Gasteiger partial charge is 0.309 e. The van der Waals surface area contributed by atoms with Crippen LogP contribution in [0.4, 0.5) is 0 Å². The Morgan fingerprint density at radius 2 is 0.566 bits per heavy atom. The van der Waals surface area contributed by atoms with E-state index in [0.29, 0.717) is 0 Å². The molecule has 0 saturated carbocycles. The summed E-state index contributed by atoms with van der Waals surface area (Å²) < 4.78 is 9.96. The molecule has 20 aromatic rings. The number of nitrogens with zero attached hydrogens (tertiary/aromatic N) is 4. The van der Waals surface area contributed by atoms with Crippen LogP contribution in [0.5, 0.6) is 0 Å². The number of benzene rings is 16. The van der Waals surface area contributed by atoms with Crippen molar-refractivity contribution in [2.45, 2.75) is 38.0 Å². The predicted molar refractivity (Wildman–Crippen MR) is 445 cm³/mol. The molecule has 4 heteroatoms. The predicted octanol–water partition coefficient (Wildman–Crippen LogP) is 26.6. The lowest BCUT2D eigenvalue weighted by Crippen LogP contribution is -2.24. The second-order valence-electron chi connectivity index (χ2n) is 30.1. The van der Waals surface area contributed by atoms with Crippen molar-refractivity contribution in [3.05, 3.63) is 386 Å². The summed E-state index contributed by atoms with van der Waals surface area (Å²) >= 11 is 0. The minimum absolute atomic E-state index is 0.0909. The first kappa shape index (κ1) is 60.3. The van der Waals surface area contributed by atoms with Crippen LogP contribution in [0.25, 0.3) is 177 Å². The Labute approximate surface area is 614 Å². The zero-order chi connectivity index (χ0) is 70.1. The molecule has 0 N–H and O–H groups in total. The Morgan fingerprint density at radius 3 is 1.11 bits per heavy atom. The molecule has 1 atom stereocenters. The summed E-state index contributed by atoms with van der Waals surface area (Å²) in [6.45, 7) is 7.21. The van der Waals surface area contributed by atoms with Gasteiger partial charge in [-0.2, -0.15) is 0 Å². The summed E-state index contributed by atoms with van der Waals surface area (Å²) in [4.78, 5) is 0. The fourth-order valence-corrected chi connectivity index (χ4v) is 19.2. The second-order valence-corrected chi connectivity index (χ2v) is 30.1. The topological polar surface area (TPSA) is 19.7 Å². The molecule has 106 heavy (non-hydrogen) atoms. The molecule has 0 saturated heterocycles. The van der Waals surface area contributed by atoms with Gasteiger partial charge >= 0.3 is 0 Å². The molecule has 498 valence electrons. The third-order valence-corrected chi connectivity index (χ3v) is 24.0.